The number of amides is 1. The number of primary amides is 1. The lowest BCUT2D eigenvalue weighted by Crippen LogP contribution is -2.35. The number of nitrogens with zero attached hydrogens (tertiary/aromatic N) is 1. The maximum Gasteiger partial charge on any atom is 0.310 e. The van der Waals surface area contributed by atoms with Crippen molar-refractivity contribution in [1.82, 2.24) is 0 Å². The number of hydrogen-bond donors (Lipinski definition) is 2. The smallest absolute Gasteiger partial charge is 0.310 e. The predicted molar refractivity (Wildman–Crippen MR) is 77.0 cm³/mol. The fraction of sp³-hybridized carbons (Fsp3) is 0.500. The summed E-state index contributed by atoms with van der Waals surface area (Å²) in [5.41, 5.74) is 11.0. The van der Waals surface area contributed by atoms with Gasteiger partial charge in [0.05, 0.1) is 4.92 Å². The Kier molecular flexibility index (Phi) is 4.74. The molecule has 0 aromatic heterocycles. The fourth-order valence-corrected chi connectivity index (χ4v) is 2.67. The number of rotatable bonds is 5. The van der Waals surface area contributed by atoms with Crippen LogP contribution in [-0.2, 0) is 0 Å². The van der Waals surface area contributed by atoms with E-state index >= 15 is 0 Å². The Bertz CT molecular complexity index is 547. The summed E-state index contributed by atoms with van der Waals surface area (Å²) < 4.78 is 5.81. The highest BCUT2D eigenvalue weighted by Crippen LogP contribution is 2.33. The largest absolute Gasteiger partial charge is 0.483 e. The van der Waals surface area contributed by atoms with Gasteiger partial charge in [-0.3, -0.25) is 14.9 Å². The zero-order valence-electron chi connectivity index (χ0n) is 11.7. The Labute approximate surface area is 122 Å². The normalized spacial score (nSPS) is 21.8. The zero-order chi connectivity index (χ0) is 15.4. The Morgan fingerprint density at radius 2 is 2.10 bits per heavy atom. The van der Waals surface area contributed by atoms with Crippen molar-refractivity contribution in [2.24, 2.45) is 17.4 Å². The number of carbonyl (C=O) groups is 1. The zero-order valence-corrected chi connectivity index (χ0v) is 11.7. The number of carbonyl (C=O) groups excluding carboxylic acids is 1. The molecule has 0 bridgehead atoms. The summed E-state index contributed by atoms with van der Waals surface area (Å²) >= 11 is 0. The molecule has 2 atom stereocenters. The van der Waals surface area contributed by atoms with E-state index in [1.165, 1.54) is 18.2 Å². The number of nitro benzene ring substituents is 1. The topological polar surface area (TPSA) is 121 Å². The second-order valence-corrected chi connectivity index (χ2v) is 5.24. The van der Waals surface area contributed by atoms with Crippen molar-refractivity contribution in [3.63, 3.8) is 0 Å². The van der Waals surface area contributed by atoms with Gasteiger partial charge in [-0.05, 0) is 31.9 Å². The van der Waals surface area contributed by atoms with Crippen LogP contribution in [0.2, 0.25) is 0 Å². The summed E-state index contributed by atoms with van der Waals surface area (Å²) in [7, 11) is 0. The molecule has 1 saturated carbocycles. The van der Waals surface area contributed by atoms with E-state index in [-0.39, 0.29) is 29.0 Å². The molecular weight excluding hydrogens is 274 g/mol. The highest BCUT2D eigenvalue weighted by molar-refractivity contribution is 5.93. The van der Waals surface area contributed by atoms with Crippen LogP contribution < -0.4 is 16.2 Å². The van der Waals surface area contributed by atoms with Crippen LogP contribution in [0, 0.1) is 16.0 Å². The van der Waals surface area contributed by atoms with E-state index in [4.69, 9.17) is 16.2 Å². The lowest BCUT2D eigenvalue weighted by Gasteiger charge is -2.30. The first-order chi connectivity index (χ1) is 10.0. The molecule has 1 aromatic carbocycles. The average molecular weight is 293 g/mol. The van der Waals surface area contributed by atoms with Gasteiger partial charge in [0.15, 0.2) is 5.75 Å². The molecule has 4 N–H and O–H groups in total. The first-order valence-electron chi connectivity index (χ1n) is 6.98. The molecule has 2 rings (SSSR count). The quantitative estimate of drug-likeness (QED) is 0.630. The minimum atomic E-state index is -0.645. The molecule has 1 amide bonds. The predicted octanol–water partition coefficient (Wildman–Crippen LogP) is 1.59. The first-order valence-corrected chi connectivity index (χ1v) is 6.98. The van der Waals surface area contributed by atoms with Crippen molar-refractivity contribution in [2.45, 2.75) is 31.8 Å². The van der Waals surface area contributed by atoms with Gasteiger partial charge in [0.2, 0.25) is 5.91 Å². The molecule has 7 nitrogen and oxygen atoms in total. The van der Waals surface area contributed by atoms with Gasteiger partial charge in [0.25, 0.3) is 0 Å². The number of hydrogen-bond acceptors (Lipinski definition) is 5. The third-order valence-electron chi connectivity index (χ3n) is 3.86. The molecule has 0 saturated heterocycles. The standard InChI is InChI=1S/C14H19N3O4/c15-8-10-3-1-2-4-12(10)21-13-7-9(14(16)18)5-6-11(13)17(19)20/h5-7,10,12H,1-4,8,15H2,(H2,16,18). The van der Waals surface area contributed by atoms with Crippen molar-refractivity contribution in [2.75, 3.05) is 6.54 Å². The minimum Gasteiger partial charge on any atom is -0.483 e. The summed E-state index contributed by atoms with van der Waals surface area (Å²) in [5.74, 6) is -0.383. The molecule has 7 heteroatoms. The van der Waals surface area contributed by atoms with Crippen molar-refractivity contribution < 1.29 is 14.5 Å². The van der Waals surface area contributed by atoms with E-state index in [2.05, 4.69) is 0 Å². The van der Waals surface area contributed by atoms with Gasteiger partial charge in [-0.15, -0.1) is 0 Å². The molecule has 1 aromatic rings. The molecule has 114 valence electrons. The lowest BCUT2D eigenvalue weighted by atomic mass is 9.86. The van der Waals surface area contributed by atoms with Crippen molar-refractivity contribution in [1.29, 1.82) is 0 Å². The Morgan fingerprint density at radius 3 is 2.71 bits per heavy atom. The van der Waals surface area contributed by atoms with Gasteiger partial charge in [0, 0.05) is 23.6 Å². The summed E-state index contributed by atoms with van der Waals surface area (Å²) in [5, 5.41) is 11.1. The van der Waals surface area contributed by atoms with Gasteiger partial charge < -0.3 is 16.2 Å². The van der Waals surface area contributed by atoms with Crippen molar-refractivity contribution >= 4 is 11.6 Å². The molecule has 0 spiro atoms. The molecule has 0 radical (unpaired) electrons. The second-order valence-electron chi connectivity index (χ2n) is 5.24. The van der Waals surface area contributed by atoms with Crippen molar-refractivity contribution in [3.05, 3.63) is 33.9 Å². The van der Waals surface area contributed by atoms with Crippen LogP contribution in [0.3, 0.4) is 0 Å². The van der Waals surface area contributed by atoms with Gasteiger partial charge in [-0.1, -0.05) is 6.42 Å². The van der Waals surface area contributed by atoms with Crippen LogP contribution in [0.4, 0.5) is 5.69 Å². The van der Waals surface area contributed by atoms with Crippen LogP contribution in [-0.4, -0.2) is 23.5 Å². The summed E-state index contributed by atoms with van der Waals surface area (Å²) in [6, 6.07) is 3.91. The molecule has 0 heterocycles. The van der Waals surface area contributed by atoms with E-state index in [0.717, 1.165) is 25.7 Å². The van der Waals surface area contributed by atoms with E-state index in [9.17, 15) is 14.9 Å². The van der Waals surface area contributed by atoms with Crippen LogP contribution in [0.15, 0.2) is 18.2 Å². The van der Waals surface area contributed by atoms with E-state index < -0.39 is 10.8 Å². The first kappa shape index (κ1) is 15.2. The summed E-state index contributed by atoms with van der Waals surface area (Å²) in [4.78, 5) is 21.8. The molecular formula is C14H19N3O4. The third kappa shape index (κ3) is 3.49. The van der Waals surface area contributed by atoms with Gasteiger partial charge >= 0.3 is 5.69 Å². The maximum atomic E-state index is 11.2. The Hall–Kier alpha value is -2.15. The molecule has 21 heavy (non-hydrogen) atoms. The Morgan fingerprint density at radius 1 is 1.38 bits per heavy atom. The SMILES string of the molecule is NCC1CCCCC1Oc1cc(C(N)=O)ccc1[N+](=O)[O-]. The maximum absolute atomic E-state index is 11.2. The molecule has 1 aliphatic carbocycles. The summed E-state index contributed by atoms with van der Waals surface area (Å²) in [6.45, 7) is 0.480. The van der Waals surface area contributed by atoms with E-state index in [1.807, 2.05) is 0 Å². The Balaban J connectivity index is 2.29. The summed E-state index contributed by atoms with van der Waals surface area (Å²) in [6.07, 6.45) is 3.69. The molecule has 0 aliphatic heterocycles. The van der Waals surface area contributed by atoms with Crippen LogP contribution >= 0.6 is 0 Å². The minimum absolute atomic E-state index is 0.0849. The molecule has 1 aliphatic rings. The van der Waals surface area contributed by atoms with Crippen LogP contribution in [0.25, 0.3) is 0 Å². The lowest BCUT2D eigenvalue weighted by molar-refractivity contribution is -0.386. The number of ether oxygens (including phenoxy) is 1. The van der Waals surface area contributed by atoms with Gasteiger partial charge in [-0.25, -0.2) is 0 Å². The number of nitrogens with two attached hydrogens (primary N) is 2. The second kappa shape index (κ2) is 6.53. The van der Waals surface area contributed by atoms with E-state index in [1.54, 1.807) is 0 Å². The highest BCUT2D eigenvalue weighted by atomic mass is 16.6. The highest BCUT2D eigenvalue weighted by Gasteiger charge is 2.28. The molecule has 1 fully saturated rings. The van der Waals surface area contributed by atoms with Crippen LogP contribution in [0.5, 0.6) is 5.75 Å². The van der Waals surface area contributed by atoms with Gasteiger partial charge in [-0.2, -0.15) is 0 Å². The van der Waals surface area contributed by atoms with E-state index in [0.29, 0.717) is 6.54 Å². The van der Waals surface area contributed by atoms with Crippen LogP contribution in [0.1, 0.15) is 36.0 Å². The van der Waals surface area contributed by atoms with Gasteiger partial charge in [0.1, 0.15) is 6.10 Å². The monoisotopic (exact) mass is 293 g/mol. The average Bonchev–Trinajstić information content (AvgIpc) is 2.47. The molecule has 2 unspecified atom stereocenters. The number of benzene rings is 1. The van der Waals surface area contributed by atoms with Crippen molar-refractivity contribution in [3.8, 4) is 5.75 Å². The number of nitro groups is 1. The third-order valence-corrected chi connectivity index (χ3v) is 3.86. The fourth-order valence-electron chi connectivity index (χ4n) is 2.67.